The number of rotatable bonds is 10. The smallest absolute Gasteiger partial charge is 0.406 e. The SMILES string of the molecule is FC(F)(F)Oc1ccc(C=NNc2cc(Nc3ccccc3)nc(NN=Cc3ccc(OC(F)(F)F)cc3)n2)cc1. The average molecular weight is 575 g/mol. The molecule has 0 saturated carbocycles. The summed E-state index contributed by atoms with van der Waals surface area (Å²) in [5.74, 6) is -0.0862. The average Bonchev–Trinajstić information content (AvgIpc) is 2.90. The number of alkyl halides is 6. The van der Waals surface area contributed by atoms with Gasteiger partial charge in [0.15, 0.2) is 5.82 Å². The number of nitrogens with one attached hydrogen (secondary N) is 3. The van der Waals surface area contributed by atoms with Crippen LogP contribution in [0.3, 0.4) is 0 Å². The van der Waals surface area contributed by atoms with Gasteiger partial charge in [-0.15, -0.1) is 26.3 Å². The van der Waals surface area contributed by atoms with Crippen LogP contribution >= 0.6 is 0 Å². The lowest BCUT2D eigenvalue weighted by Gasteiger charge is -2.10. The number of aromatic nitrogens is 2. The minimum absolute atomic E-state index is 0.0468. The third-order valence-corrected chi connectivity index (χ3v) is 4.77. The molecule has 0 atom stereocenters. The van der Waals surface area contributed by atoms with Gasteiger partial charge in [-0.25, -0.2) is 5.43 Å². The van der Waals surface area contributed by atoms with Crippen LogP contribution in [0, 0.1) is 0 Å². The first-order chi connectivity index (χ1) is 19.5. The van der Waals surface area contributed by atoms with Crippen LogP contribution in [0.15, 0.2) is 95.1 Å². The third-order valence-electron chi connectivity index (χ3n) is 4.77. The molecule has 3 N–H and O–H groups in total. The van der Waals surface area contributed by atoms with E-state index in [1.165, 1.54) is 36.7 Å². The largest absolute Gasteiger partial charge is 0.573 e. The zero-order valence-corrected chi connectivity index (χ0v) is 20.6. The van der Waals surface area contributed by atoms with Gasteiger partial charge in [0.2, 0.25) is 5.95 Å². The second-order valence-corrected chi connectivity index (χ2v) is 7.93. The van der Waals surface area contributed by atoms with Crippen molar-refractivity contribution in [3.63, 3.8) is 0 Å². The first-order valence-corrected chi connectivity index (χ1v) is 11.5. The van der Waals surface area contributed by atoms with Crippen molar-refractivity contribution in [3.8, 4) is 11.5 Å². The number of anilines is 4. The Bertz CT molecular complexity index is 1390. The first-order valence-electron chi connectivity index (χ1n) is 11.5. The lowest BCUT2D eigenvalue weighted by Crippen LogP contribution is -2.17. The zero-order chi connectivity index (χ0) is 29.3. The Balaban J connectivity index is 1.45. The predicted octanol–water partition coefficient (Wildman–Crippen LogP) is 6.91. The summed E-state index contributed by atoms with van der Waals surface area (Å²) in [5.41, 5.74) is 7.05. The molecule has 9 nitrogen and oxygen atoms in total. The Kier molecular flexibility index (Phi) is 8.86. The summed E-state index contributed by atoms with van der Waals surface area (Å²) < 4.78 is 81.7. The number of hydrazone groups is 2. The topological polar surface area (TPSA) is 105 Å². The van der Waals surface area contributed by atoms with E-state index in [1.54, 1.807) is 6.07 Å². The number of hydrogen-bond donors (Lipinski definition) is 3. The number of hydrogen-bond acceptors (Lipinski definition) is 9. The predicted molar refractivity (Wildman–Crippen MR) is 140 cm³/mol. The molecule has 0 saturated heterocycles. The van der Waals surface area contributed by atoms with E-state index in [0.717, 1.165) is 30.0 Å². The molecule has 0 aliphatic heterocycles. The first kappa shape index (κ1) is 28.7. The van der Waals surface area contributed by atoms with Gasteiger partial charge in [-0.1, -0.05) is 18.2 Å². The summed E-state index contributed by atoms with van der Waals surface area (Å²) in [5, 5.41) is 11.2. The van der Waals surface area contributed by atoms with Crippen molar-refractivity contribution < 1.29 is 35.8 Å². The molecule has 0 unspecified atom stereocenters. The van der Waals surface area contributed by atoms with E-state index in [2.05, 4.69) is 45.8 Å². The fraction of sp³-hybridized carbons (Fsp3) is 0.0769. The van der Waals surface area contributed by atoms with Gasteiger partial charge in [0.1, 0.15) is 17.3 Å². The summed E-state index contributed by atoms with van der Waals surface area (Å²) >= 11 is 0. The van der Waals surface area contributed by atoms with E-state index < -0.39 is 12.7 Å². The number of benzene rings is 3. The van der Waals surface area contributed by atoms with E-state index in [9.17, 15) is 26.3 Å². The van der Waals surface area contributed by atoms with Crippen molar-refractivity contribution in [2.45, 2.75) is 12.7 Å². The van der Waals surface area contributed by atoms with Crippen LogP contribution in [-0.4, -0.2) is 35.1 Å². The van der Waals surface area contributed by atoms with Crippen LogP contribution < -0.4 is 25.6 Å². The Hall–Kier alpha value is -5.34. The van der Waals surface area contributed by atoms with Crippen molar-refractivity contribution in [3.05, 3.63) is 96.1 Å². The van der Waals surface area contributed by atoms with Gasteiger partial charge in [0, 0.05) is 11.8 Å². The summed E-state index contributed by atoms with van der Waals surface area (Å²) in [6.45, 7) is 0. The maximum atomic E-state index is 12.3. The van der Waals surface area contributed by atoms with Gasteiger partial charge in [-0.2, -0.15) is 20.2 Å². The monoisotopic (exact) mass is 575 g/mol. The number of halogens is 6. The summed E-state index contributed by atoms with van der Waals surface area (Å²) in [4.78, 5) is 8.59. The van der Waals surface area contributed by atoms with Gasteiger partial charge in [-0.3, -0.25) is 5.43 Å². The quantitative estimate of drug-likeness (QED) is 0.107. The molecular weight excluding hydrogens is 556 g/mol. The Morgan fingerprint density at radius 2 is 1.10 bits per heavy atom. The lowest BCUT2D eigenvalue weighted by molar-refractivity contribution is -0.275. The maximum Gasteiger partial charge on any atom is 0.573 e. The van der Waals surface area contributed by atoms with Gasteiger partial charge in [0.25, 0.3) is 0 Å². The second-order valence-electron chi connectivity index (χ2n) is 7.93. The Morgan fingerprint density at radius 1 is 0.610 bits per heavy atom. The molecule has 0 amide bonds. The molecule has 0 aliphatic rings. The molecule has 15 heteroatoms. The maximum absolute atomic E-state index is 12.3. The van der Waals surface area contributed by atoms with Gasteiger partial charge >= 0.3 is 12.7 Å². The van der Waals surface area contributed by atoms with Crippen molar-refractivity contribution in [1.82, 2.24) is 9.97 Å². The molecule has 1 heterocycles. The Morgan fingerprint density at radius 3 is 1.61 bits per heavy atom. The van der Waals surface area contributed by atoms with E-state index in [-0.39, 0.29) is 23.3 Å². The number of para-hydroxylation sites is 1. The number of ether oxygens (including phenoxy) is 2. The van der Waals surface area contributed by atoms with Gasteiger partial charge in [0.05, 0.1) is 12.4 Å². The normalized spacial score (nSPS) is 12.0. The lowest BCUT2D eigenvalue weighted by atomic mass is 10.2. The van der Waals surface area contributed by atoms with Crippen LogP contribution in [0.2, 0.25) is 0 Å². The molecule has 0 bridgehead atoms. The van der Waals surface area contributed by atoms with Crippen LogP contribution in [0.25, 0.3) is 0 Å². The highest BCUT2D eigenvalue weighted by molar-refractivity contribution is 5.81. The molecular formula is C26H19F6N7O2. The summed E-state index contributed by atoms with van der Waals surface area (Å²) in [6, 6.07) is 20.8. The van der Waals surface area contributed by atoms with Gasteiger partial charge in [-0.05, 0) is 71.8 Å². The zero-order valence-electron chi connectivity index (χ0n) is 20.6. The fourth-order valence-corrected chi connectivity index (χ4v) is 3.14. The highest BCUT2D eigenvalue weighted by atomic mass is 19.4. The summed E-state index contributed by atoms with van der Waals surface area (Å²) in [6.07, 6.45) is -6.88. The molecule has 212 valence electrons. The molecule has 1 aromatic heterocycles. The Labute approximate surface area is 228 Å². The van der Waals surface area contributed by atoms with Crippen LogP contribution in [0.1, 0.15) is 11.1 Å². The summed E-state index contributed by atoms with van der Waals surface area (Å²) in [7, 11) is 0. The minimum atomic E-state index is -4.79. The standard InChI is InChI=1S/C26H19F6N7O2/c27-25(28,29)40-20-10-6-17(7-11-20)15-33-38-23-14-22(35-19-4-2-1-3-5-19)36-24(37-23)39-34-16-18-8-12-21(13-9-18)41-26(30,31)32/h1-16H,(H3,35,36,37,38,39). The molecule has 4 aromatic rings. The van der Waals surface area contributed by atoms with Gasteiger partial charge < -0.3 is 14.8 Å². The highest BCUT2D eigenvalue weighted by Crippen LogP contribution is 2.24. The van der Waals surface area contributed by atoms with Crippen LogP contribution in [-0.2, 0) is 0 Å². The van der Waals surface area contributed by atoms with Crippen molar-refractivity contribution in [1.29, 1.82) is 0 Å². The molecule has 0 aliphatic carbocycles. The fourth-order valence-electron chi connectivity index (χ4n) is 3.14. The van der Waals surface area contributed by atoms with E-state index >= 15 is 0 Å². The molecule has 3 aromatic carbocycles. The van der Waals surface area contributed by atoms with E-state index in [1.807, 2.05) is 30.3 Å². The second kappa shape index (κ2) is 12.7. The van der Waals surface area contributed by atoms with Crippen molar-refractivity contribution >= 4 is 35.7 Å². The minimum Gasteiger partial charge on any atom is -0.406 e. The van der Waals surface area contributed by atoms with Crippen molar-refractivity contribution in [2.75, 3.05) is 16.2 Å². The molecule has 0 spiro atoms. The van der Waals surface area contributed by atoms with Crippen LogP contribution in [0.4, 0.5) is 49.6 Å². The van der Waals surface area contributed by atoms with E-state index in [4.69, 9.17) is 0 Å². The molecule has 0 radical (unpaired) electrons. The molecule has 0 fully saturated rings. The highest BCUT2D eigenvalue weighted by Gasteiger charge is 2.31. The van der Waals surface area contributed by atoms with Crippen molar-refractivity contribution in [2.24, 2.45) is 10.2 Å². The third kappa shape index (κ3) is 10.0. The molecule has 41 heavy (non-hydrogen) atoms. The van der Waals surface area contributed by atoms with E-state index in [0.29, 0.717) is 16.9 Å². The number of nitrogens with zero attached hydrogens (tertiary/aromatic N) is 4. The van der Waals surface area contributed by atoms with Crippen LogP contribution in [0.5, 0.6) is 11.5 Å². The molecule has 4 rings (SSSR count).